The van der Waals surface area contributed by atoms with Crippen LogP contribution in [0.3, 0.4) is 0 Å². The Labute approximate surface area is 120 Å². The maximum atomic E-state index is 11.9. The molecule has 2 heteroatoms. The van der Waals surface area contributed by atoms with Gasteiger partial charge in [0.1, 0.15) is 0 Å². The average Bonchev–Trinajstić information content (AvgIpc) is 2.52. The lowest BCUT2D eigenvalue weighted by Crippen LogP contribution is -2.12. The fourth-order valence-corrected chi connectivity index (χ4v) is 2.04. The molecule has 0 aromatic heterocycles. The van der Waals surface area contributed by atoms with Crippen molar-refractivity contribution < 1.29 is 9.53 Å². The molecule has 0 aliphatic carbocycles. The van der Waals surface area contributed by atoms with E-state index in [2.05, 4.69) is 6.92 Å². The smallest absolute Gasteiger partial charge is 0.306 e. The van der Waals surface area contributed by atoms with Gasteiger partial charge in [-0.3, -0.25) is 4.79 Å². The van der Waals surface area contributed by atoms with Crippen LogP contribution in [0.1, 0.15) is 36.5 Å². The number of hydrogen-bond acceptors (Lipinski definition) is 2. The van der Waals surface area contributed by atoms with Gasteiger partial charge in [0.15, 0.2) is 6.10 Å². The van der Waals surface area contributed by atoms with Gasteiger partial charge in [-0.25, -0.2) is 0 Å². The third kappa shape index (κ3) is 3.95. The lowest BCUT2D eigenvalue weighted by molar-refractivity contribution is -0.147. The summed E-state index contributed by atoms with van der Waals surface area (Å²) in [5.74, 6) is -0.175. The van der Waals surface area contributed by atoms with Crippen LogP contribution in [0.5, 0.6) is 0 Å². The first-order valence-corrected chi connectivity index (χ1v) is 6.90. The summed E-state index contributed by atoms with van der Waals surface area (Å²) in [6, 6.07) is 19.6. The van der Waals surface area contributed by atoms with Crippen LogP contribution in [-0.4, -0.2) is 5.97 Å². The van der Waals surface area contributed by atoms with E-state index < -0.39 is 0 Å². The largest absolute Gasteiger partial charge is 0.453 e. The predicted octanol–water partition coefficient (Wildman–Crippen LogP) is 4.32. The molecule has 2 aromatic rings. The van der Waals surface area contributed by atoms with E-state index in [9.17, 15) is 4.79 Å². The minimum absolute atomic E-state index is 0.175. The van der Waals surface area contributed by atoms with Gasteiger partial charge in [0, 0.05) is 6.42 Å². The van der Waals surface area contributed by atoms with E-state index in [1.807, 2.05) is 60.7 Å². The molecule has 103 valence electrons. The average molecular weight is 267 g/mol. The SMILES string of the molecule is [CH2]CCCC(=O)OC(c1ccccc1)c1ccccc1. The summed E-state index contributed by atoms with van der Waals surface area (Å²) < 4.78 is 5.66. The Morgan fingerprint density at radius 1 is 0.950 bits per heavy atom. The van der Waals surface area contributed by atoms with Crippen LogP contribution in [0.25, 0.3) is 0 Å². The van der Waals surface area contributed by atoms with Crippen molar-refractivity contribution in [2.75, 3.05) is 0 Å². The molecule has 0 amide bonds. The van der Waals surface area contributed by atoms with Gasteiger partial charge < -0.3 is 4.74 Å². The zero-order valence-electron chi connectivity index (χ0n) is 11.5. The standard InChI is InChI=1S/C18H19O2/c1-2-3-14-17(19)20-18(15-10-6-4-7-11-15)16-12-8-5-9-13-16/h4-13,18H,1-3,14H2. The zero-order chi connectivity index (χ0) is 14.2. The molecule has 0 spiro atoms. The molecule has 0 saturated carbocycles. The fourth-order valence-electron chi connectivity index (χ4n) is 2.04. The van der Waals surface area contributed by atoms with Crippen molar-refractivity contribution in [2.24, 2.45) is 0 Å². The molecule has 0 bridgehead atoms. The summed E-state index contributed by atoms with van der Waals surface area (Å²) in [5, 5.41) is 0. The molecule has 0 saturated heterocycles. The maximum Gasteiger partial charge on any atom is 0.306 e. The number of carbonyl (C=O) groups excluding carboxylic acids is 1. The number of esters is 1. The lowest BCUT2D eigenvalue weighted by atomic mass is 10.0. The summed E-state index contributed by atoms with van der Waals surface area (Å²) >= 11 is 0. The van der Waals surface area contributed by atoms with Crippen LogP contribution in [0.4, 0.5) is 0 Å². The summed E-state index contributed by atoms with van der Waals surface area (Å²) in [5.41, 5.74) is 1.98. The Morgan fingerprint density at radius 3 is 1.90 bits per heavy atom. The Kier molecular flexibility index (Phi) is 5.36. The van der Waals surface area contributed by atoms with E-state index >= 15 is 0 Å². The monoisotopic (exact) mass is 267 g/mol. The van der Waals surface area contributed by atoms with Crippen LogP contribution >= 0.6 is 0 Å². The van der Waals surface area contributed by atoms with E-state index in [-0.39, 0.29) is 12.1 Å². The number of carbonyl (C=O) groups is 1. The molecule has 2 aromatic carbocycles. The highest BCUT2D eigenvalue weighted by Gasteiger charge is 2.18. The Bertz CT molecular complexity index is 480. The van der Waals surface area contributed by atoms with Crippen LogP contribution in [0.2, 0.25) is 0 Å². The Hall–Kier alpha value is -2.09. The molecule has 20 heavy (non-hydrogen) atoms. The third-order valence-corrected chi connectivity index (χ3v) is 3.08. The van der Waals surface area contributed by atoms with E-state index in [0.717, 1.165) is 24.0 Å². The van der Waals surface area contributed by atoms with Gasteiger partial charge in [0.25, 0.3) is 0 Å². The van der Waals surface area contributed by atoms with Gasteiger partial charge in [0.05, 0.1) is 0 Å². The van der Waals surface area contributed by atoms with Crippen LogP contribution in [-0.2, 0) is 9.53 Å². The van der Waals surface area contributed by atoms with Crippen molar-refractivity contribution in [2.45, 2.75) is 25.4 Å². The van der Waals surface area contributed by atoms with Crippen LogP contribution < -0.4 is 0 Å². The van der Waals surface area contributed by atoms with Crippen molar-refractivity contribution in [3.05, 3.63) is 78.7 Å². The number of ether oxygens (including phenoxy) is 1. The second-order valence-corrected chi connectivity index (χ2v) is 4.65. The van der Waals surface area contributed by atoms with E-state index in [0.29, 0.717) is 6.42 Å². The van der Waals surface area contributed by atoms with Gasteiger partial charge in [-0.15, -0.1) is 0 Å². The van der Waals surface area contributed by atoms with E-state index in [4.69, 9.17) is 4.74 Å². The van der Waals surface area contributed by atoms with Crippen LogP contribution in [0.15, 0.2) is 60.7 Å². The molecule has 1 radical (unpaired) electrons. The van der Waals surface area contributed by atoms with Crippen molar-refractivity contribution >= 4 is 5.97 Å². The Balaban J connectivity index is 2.19. The summed E-state index contributed by atoms with van der Waals surface area (Å²) in [6.45, 7) is 3.75. The zero-order valence-corrected chi connectivity index (χ0v) is 11.5. The molecule has 0 fully saturated rings. The molecular weight excluding hydrogens is 248 g/mol. The second kappa shape index (κ2) is 7.49. The number of rotatable bonds is 6. The first-order valence-electron chi connectivity index (χ1n) is 6.90. The first-order chi connectivity index (χ1) is 9.81. The molecule has 0 aliphatic rings. The summed E-state index contributed by atoms with van der Waals surface area (Å²) in [6.07, 6.45) is 1.58. The highest BCUT2D eigenvalue weighted by Crippen LogP contribution is 2.26. The summed E-state index contributed by atoms with van der Waals surface area (Å²) in [7, 11) is 0. The fraction of sp³-hybridized carbons (Fsp3) is 0.222. The maximum absolute atomic E-state index is 11.9. The minimum atomic E-state index is -0.338. The second-order valence-electron chi connectivity index (χ2n) is 4.65. The van der Waals surface area contributed by atoms with E-state index in [1.165, 1.54) is 0 Å². The normalized spacial score (nSPS) is 10.5. The van der Waals surface area contributed by atoms with Gasteiger partial charge in [0.2, 0.25) is 0 Å². The number of hydrogen-bond donors (Lipinski definition) is 0. The van der Waals surface area contributed by atoms with Gasteiger partial charge in [-0.1, -0.05) is 74.0 Å². The molecule has 0 aliphatic heterocycles. The predicted molar refractivity (Wildman–Crippen MR) is 80.0 cm³/mol. The lowest BCUT2D eigenvalue weighted by Gasteiger charge is -2.18. The number of unbranched alkanes of at least 4 members (excludes halogenated alkanes) is 1. The van der Waals surface area contributed by atoms with Crippen LogP contribution in [0, 0.1) is 6.92 Å². The van der Waals surface area contributed by atoms with Gasteiger partial charge >= 0.3 is 5.97 Å². The molecule has 2 rings (SSSR count). The molecule has 2 nitrogen and oxygen atoms in total. The molecule has 0 heterocycles. The first kappa shape index (κ1) is 14.3. The minimum Gasteiger partial charge on any atom is -0.453 e. The van der Waals surface area contributed by atoms with E-state index in [1.54, 1.807) is 0 Å². The number of benzene rings is 2. The topological polar surface area (TPSA) is 26.3 Å². The third-order valence-electron chi connectivity index (χ3n) is 3.08. The van der Waals surface area contributed by atoms with Gasteiger partial charge in [-0.05, 0) is 17.5 Å². The van der Waals surface area contributed by atoms with Crippen molar-refractivity contribution in [1.29, 1.82) is 0 Å². The molecule has 0 unspecified atom stereocenters. The highest BCUT2D eigenvalue weighted by atomic mass is 16.5. The van der Waals surface area contributed by atoms with Gasteiger partial charge in [-0.2, -0.15) is 0 Å². The van der Waals surface area contributed by atoms with Crippen molar-refractivity contribution in [3.8, 4) is 0 Å². The molecule has 0 atom stereocenters. The quantitative estimate of drug-likeness (QED) is 0.728. The molecular formula is C18H19O2. The highest BCUT2D eigenvalue weighted by molar-refractivity contribution is 5.70. The Morgan fingerprint density at radius 2 is 1.45 bits per heavy atom. The van der Waals surface area contributed by atoms with Crippen molar-refractivity contribution in [1.82, 2.24) is 0 Å². The summed E-state index contributed by atoms with van der Waals surface area (Å²) in [4.78, 5) is 11.9. The molecule has 0 N–H and O–H groups in total. The van der Waals surface area contributed by atoms with Crippen molar-refractivity contribution in [3.63, 3.8) is 0 Å².